The SMILES string of the molecule is CCc1nc(NCCCCCC(=O)O)c2c(C)c(C)sc2n1. The summed E-state index contributed by atoms with van der Waals surface area (Å²) in [7, 11) is 0. The number of unbranched alkanes of at least 4 members (excludes halogenated alkanes) is 2. The van der Waals surface area contributed by atoms with Gasteiger partial charge in [-0.05, 0) is 32.3 Å². The molecule has 0 radical (unpaired) electrons. The number of hydrogen-bond acceptors (Lipinski definition) is 5. The summed E-state index contributed by atoms with van der Waals surface area (Å²) in [4.78, 5) is 22.1. The first-order valence-electron chi connectivity index (χ1n) is 7.75. The first kappa shape index (κ1) is 16.7. The van der Waals surface area contributed by atoms with Crippen LogP contribution in [0.3, 0.4) is 0 Å². The van der Waals surface area contributed by atoms with E-state index in [1.165, 1.54) is 10.4 Å². The molecule has 0 aliphatic rings. The second kappa shape index (κ2) is 7.54. The third kappa shape index (κ3) is 3.94. The molecule has 22 heavy (non-hydrogen) atoms. The third-order valence-corrected chi connectivity index (χ3v) is 4.85. The number of nitrogens with zero attached hydrogens (tertiary/aromatic N) is 2. The minimum absolute atomic E-state index is 0.251. The Hall–Kier alpha value is -1.69. The summed E-state index contributed by atoms with van der Waals surface area (Å²) in [6.07, 6.45) is 3.66. The Labute approximate surface area is 134 Å². The molecule has 0 atom stereocenters. The molecule has 0 unspecified atom stereocenters. The van der Waals surface area contributed by atoms with Crippen LogP contribution in [0.5, 0.6) is 0 Å². The fourth-order valence-corrected chi connectivity index (χ4v) is 3.41. The number of hydrogen-bond donors (Lipinski definition) is 2. The summed E-state index contributed by atoms with van der Waals surface area (Å²) < 4.78 is 0. The molecular formula is C16H23N3O2S. The minimum Gasteiger partial charge on any atom is -0.481 e. The molecule has 2 aromatic rings. The second-order valence-electron chi connectivity index (χ2n) is 5.44. The Bertz CT molecular complexity index is 667. The number of nitrogens with one attached hydrogen (secondary N) is 1. The number of aryl methyl sites for hydroxylation is 3. The van der Waals surface area contributed by atoms with E-state index >= 15 is 0 Å². The quantitative estimate of drug-likeness (QED) is 0.721. The Morgan fingerprint density at radius 2 is 2.00 bits per heavy atom. The predicted molar refractivity (Wildman–Crippen MR) is 90.9 cm³/mol. The van der Waals surface area contributed by atoms with Crippen LogP contribution < -0.4 is 5.32 Å². The molecule has 0 aliphatic heterocycles. The normalized spacial score (nSPS) is 11.0. The summed E-state index contributed by atoms with van der Waals surface area (Å²) in [5.74, 6) is 1.06. The number of thiophene rings is 1. The zero-order chi connectivity index (χ0) is 16.1. The predicted octanol–water partition coefficient (Wildman–Crippen LogP) is 3.93. The molecule has 0 amide bonds. The van der Waals surface area contributed by atoms with Crippen molar-refractivity contribution in [2.24, 2.45) is 0 Å². The molecule has 2 rings (SSSR count). The second-order valence-corrected chi connectivity index (χ2v) is 6.64. The van der Waals surface area contributed by atoms with E-state index in [0.717, 1.165) is 54.1 Å². The number of carboxylic acids is 1. The van der Waals surface area contributed by atoms with Gasteiger partial charge in [0.05, 0.1) is 5.39 Å². The van der Waals surface area contributed by atoms with Crippen LogP contribution in [0.4, 0.5) is 5.82 Å². The smallest absolute Gasteiger partial charge is 0.303 e. The van der Waals surface area contributed by atoms with Gasteiger partial charge >= 0.3 is 5.97 Å². The van der Waals surface area contributed by atoms with Crippen LogP contribution in [-0.4, -0.2) is 27.6 Å². The van der Waals surface area contributed by atoms with Crippen molar-refractivity contribution in [1.29, 1.82) is 0 Å². The maximum absolute atomic E-state index is 10.5. The lowest BCUT2D eigenvalue weighted by Gasteiger charge is -2.09. The lowest BCUT2D eigenvalue weighted by atomic mass is 10.2. The van der Waals surface area contributed by atoms with Gasteiger partial charge in [0.25, 0.3) is 0 Å². The van der Waals surface area contributed by atoms with E-state index in [9.17, 15) is 4.79 Å². The van der Waals surface area contributed by atoms with Gasteiger partial charge in [0, 0.05) is 24.3 Å². The Kier molecular flexibility index (Phi) is 5.71. The van der Waals surface area contributed by atoms with E-state index in [2.05, 4.69) is 36.1 Å². The molecule has 0 bridgehead atoms. The standard InChI is InChI=1S/C16H23N3O2S/c1-4-12-18-15(17-9-7-5-6-8-13(20)21)14-10(2)11(3)22-16(14)19-12/h4-9H2,1-3H3,(H,20,21)(H,17,18,19). The van der Waals surface area contributed by atoms with Gasteiger partial charge in [-0.15, -0.1) is 11.3 Å². The molecule has 2 aromatic heterocycles. The van der Waals surface area contributed by atoms with Crippen molar-refractivity contribution in [1.82, 2.24) is 9.97 Å². The van der Waals surface area contributed by atoms with Crippen LogP contribution in [0.1, 0.15) is 48.9 Å². The monoisotopic (exact) mass is 321 g/mol. The van der Waals surface area contributed by atoms with Crippen molar-refractivity contribution >= 4 is 33.3 Å². The molecule has 0 saturated carbocycles. The zero-order valence-corrected chi connectivity index (χ0v) is 14.2. The minimum atomic E-state index is -0.720. The van der Waals surface area contributed by atoms with E-state index in [4.69, 9.17) is 5.11 Å². The van der Waals surface area contributed by atoms with Gasteiger partial charge < -0.3 is 10.4 Å². The molecule has 2 N–H and O–H groups in total. The average Bonchev–Trinajstić information content (AvgIpc) is 2.77. The van der Waals surface area contributed by atoms with Gasteiger partial charge in [0.15, 0.2) is 0 Å². The maximum atomic E-state index is 10.5. The number of carboxylic acid groups (broad SMARTS) is 1. The van der Waals surface area contributed by atoms with Crippen LogP contribution in [0, 0.1) is 13.8 Å². The summed E-state index contributed by atoms with van der Waals surface area (Å²) >= 11 is 1.72. The molecule has 5 nitrogen and oxygen atoms in total. The van der Waals surface area contributed by atoms with E-state index in [0.29, 0.717) is 0 Å². The van der Waals surface area contributed by atoms with Crippen molar-refractivity contribution in [3.63, 3.8) is 0 Å². The van der Waals surface area contributed by atoms with Crippen molar-refractivity contribution in [3.05, 3.63) is 16.3 Å². The first-order chi connectivity index (χ1) is 10.5. The number of anilines is 1. The van der Waals surface area contributed by atoms with Crippen molar-refractivity contribution in [3.8, 4) is 0 Å². The Morgan fingerprint density at radius 3 is 2.68 bits per heavy atom. The maximum Gasteiger partial charge on any atom is 0.303 e. The van der Waals surface area contributed by atoms with E-state index in [-0.39, 0.29) is 6.42 Å². The highest BCUT2D eigenvalue weighted by Crippen LogP contribution is 2.33. The summed E-state index contributed by atoms with van der Waals surface area (Å²) in [5, 5.41) is 13.2. The van der Waals surface area contributed by atoms with E-state index in [1.54, 1.807) is 11.3 Å². The van der Waals surface area contributed by atoms with Gasteiger partial charge in [-0.3, -0.25) is 4.79 Å². The molecule has 0 fully saturated rings. The van der Waals surface area contributed by atoms with Crippen LogP contribution in [0.15, 0.2) is 0 Å². The molecule has 120 valence electrons. The molecular weight excluding hydrogens is 298 g/mol. The molecule has 0 saturated heterocycles. The number of fused-ring (bicyclic) bond motifs is 1. The molecule has 0 aromatic carbocycles. The van der Waals surface area contributed by atoms with Crippen molar-refractivity contribution < 1.29 is 9.90 Å². The van der Waals surface area contributed by atoms with Crippen LogP contribution in [-0.2, 0) is 11.2 Å². The van der Waals surface area contributed by atoms with Gasteiger partial charge in [-0.2, -0.15) is 0 Å². The highest BCUT2D eigenvalue weighted by molar-refractivity contribution is 7.18. The molecule has 2 heterocycles. The average molecular weight is 321 g/mol. The fourth-order valence-electron chi connectivity index (χ4n) is 2.36. The number of aromatic nitrogens is 2. The highest BCUT2D eigenvalue weighted by Gasteiger charge is 2.13. The molecule has 0 aliphatic carbocycles. The van der Waals surface area contributed by atoms with Gasteiger partial charge in [-0.1, -0.05) is 13.3 Å². The summed E-state index contributed by atoms with van der Waals surface area (Å²) in [6.45, 7) is 7.09. The van der Waals surface area contributed by atoms with Gasteiger partial charge in [0.2, 0.25) is 0 Å². The van der Waals surface area contributed by atoms with Gasteiger partial charge in [-0.25, -0.2) is 9.97 Å². The lowest BCUT2D eigenvalue weighted by molar-refractivity contribution is -0.137. The van der Waals surface area contributed by atoms with Crippen LogP contribution in [0.2, 0.25) is 0 Å². The Balaban J connectivity index is 2.04. The summed E-state index contributed by atoms with van der Waals surface area (Å²) in [6, 6.07) is 0. The number of rotatable bonds is 8. The first-order valence-corrected chi connectivity index (χ1v) is 8.56. The Morgan fingerprint density at radius 1 is 1.23 bits per heavy atom. The fraction of sp³-hybridized carbons (Fsp3) is 0.562. The highest BCUT2D eigenvalue weighted by atomic mass is 32.1. The van der Waals surface area contributed by atoms with E-state index in [1.807, 2.05) is 0 Å². The summed E-state index contributed by atoms with van der Waals surface area (Å²) in [5.41, 5.74) is 1.25. The molecule has 0 spiro atoms. The van der Waals surface area contributed by atoms with Crippen molar-refractivity contribution in [2.45, 2.75) is 52.9 Å². The lowest BCUT2D eigenvalue weighted by Crippen LogP contribution is -2.07. The zero-order valence-electron chi connectivity index (χ0n) is 13.4. The van der Waals surface area contributed by atoms with Crippen LogP contribution in [0.25, 0.3) is 10.2 Å². The third-order valence-electron chi connectivity index (χ3n) is 3.75. The van der Waals surface area contributed by atoms with Crippen molar-refractivity contribution in [2.75, 3.05) is 11.9 Å². The van der Waals surface area contributed by atoms with Gasteiger partial charge in [0.1, 0.15) is 16.5 Å². The topological polar surface area (TPSA) is 75.1 Å². The number of aliphatic carboxylic acids is 1. The largest absolute Gasteiger partial charge is 0.481 e. The molecule has 6 heteroatoms. The number of carbonyl (C=O) groups is 1. The van der Waals surface area contributed by atoms with Crippen LogP contribution >= 0.6 is 11.3 Å². The van der Waals surface area contributed by atoms with E-state index < -0.39 is 5.97 Å².